The average Bonchev–Trinajstić information content (AvgIpc) is 3.26. The van der Waals surface area contributed by atoms with Crippen molar-refractivity contribution in [3.05, 3.63) is 53.3 Å². The molecule has 2 aromatic rings. The number of benzene rings is 2. The number of carboxylic acids is 1. The number of carbonyl (C=O) groups is 2. The molecule has 0 aliphatic carbocycles. The molecule has 1 atom stereocenters. The van der Waals surface area contributed by atoms with Gasteiger partial charge in [-0.3, -0.25) is 5.32 Å². The van der Waals surface area contributed by atoms with Crippen molar-refractivity contribution < 1.29 is 38.0 Å². The number of carboxylic acid groups (broad SMARTS) is 1. The third-order valence-corrected chi connectivity index (χ3v) is 5.25. The van der Waals surface area contributed by atoms with E-state index in [0.717, 1.165) is 5.56 Å². The van der Waals surface area contributed by atoms with Crippen LogP contribution >= 0.6 is 0 Å². The minimum Gasteiger partial charge on any atom is -0.494 e. The number of anilines is 1. The molecule has 3 rings (SSSR count). The zero-order valence-corrected chi connectivity index (χ0v) is 18.7. The Morgan fingerprint density at radius 1 is 1.15 bits per heavy atom. The molecule has 8 nitrogen and oxygen atoms in total. The van der Waals surface area contributed by atoms with Gasteiger partial charge in [0.15, 0.2) is 11.4 Å². The molecular weight excluding hydrogens is 433 g/mol. The van der Waals surface area contributed by atoms with E-state index in [-0.39, 0.29) is 18.7 Å². The van der Waals surface area contributed by atoms with Crippen LogP contribution in [0, 0.1) is 5.82 Å². The van der Waals surface area contributed by atoms with Gasteiger partial charge in [0.1, 0.15) is 18.1 Å². The molecule has 0 spiro atoms. The van der Waals surface area contributed by atoms with Crippen molar-refractivity contribution in [2.24, 2.45) is 0 Å². The third kappa shape index (κ3) is 6.13. The van der Waals surface area contributed by atoms with Crippen molar-refractivity contribution in [2.45, 2.75) is 45.3 Å². The third-order valence-electron chi connectivity index (χ3n) is 5.25. The fraction of sp³-hybridized carbons (Fsp3) is 0.417. The highest BCUT2D eigenvalue weighted by Crippen LogP contribution is 2.32. The predicted molar refractivity (Wildman–Crippen MR) is 118 cm³/mol. The van der Waals surface area contributed by atoms with Crippen molar-refractivity contribution in [3.63, 3.8) is 0 Å². The van der Waals surface area contributed by atoms with E-state index in [1.165, 1.54) is 12.1 Å². The van der Waals surface area contributed by atoms with Crippen LogP contribution in [0.25, 0.3) is 0 Å². The first-order chi connectivity index (χ1) is 15.9. The molecule has 1 amide bonds. The summed E-state index contributed by atoms with van der Waals surface area (Å²) in [5, 5.41) is 12.0. The number of rotatable bonds is 10. The lowest BCUT2D eigenvalue weighted by molar-refractivity contribution is -0.159. The van der Waals surface area contributed by atoms with Gasteiger partial charge in [0, 0.05) is 24.7 Å². The van der Waals surface area contributed by atoms with Gasteiger partial charge < -0.3 is 24.1 Å². The highest BCUT2D eigenvalue weighted by atomic mass is 19.1. The smallest absolute Gasteiger partial charge is 0.412 e. The molecular formula is C24H28FNO7. The van der Waals surface area contributed by atoms with E-state index in [4.69, 9.17) is 18.9 Å². The number of hydrogen-bond donors (Lipinski definition) is 2. The second-order valence-electron chi connectivity index (χ2n) is 7.58. The zero-order chi connectivity index (χ0) is 23.8. The second kappa shape index (κ2) is 11.0. The Morgan fingerprint density at radius 2 is 1.94 bits per heavy atom. The van der Waals surface area contributed by atoms with Crippen LogP contribution in [0.2, 0.25) is 0 Å². The summed E-state index contributed by atoms with van der Waals surface area (Å²) in [5.74, 6) is -0.774. The van der Waals surface area contributed by atoms with Crippen molar-refractivity contribution in [1.29, 1.82) is 0 Å². The van der Waals surface area contributed by atoms with E-state index in [2.05, 4.69) is 5.32 Å². The standard InChI is InChI=1S/C24H28FNO7/c1-3-30-18-7-8-20(19(25)13-18)26-23(29)32-15-17-12-16(6-9-21(17)31-4-2)14-24(22(27)28)10-5-11-33-24/h6-9,12-13H,3-5,10-11,14-15H2,1-2H3,(H,26,29)(H,27,28). The molecule has 1 heterocycles. The molecule has 2 aromatic carbocycles. The number of ether oxygens (including phenoxy) is 4. The minimum atomic E-state index is -1.26. The molecule has 0 radical (unpaired) electrons. The molecule has 0 saturated carbocycles. The van der Waals surface area contributed by atoms with Gasteiger partial charge >= 0.3 is 12.1 Å². The number of amides is 1. The summed E-state index contributed by atoms with van der Waals surface area (Å²) < 4.78 is 35.8. The summed E-state index contributed by atoms with van der Waals surface area (Å²) >= 11 is 0. The maximum absolute atomic E-state index is 14.2. The van der Waals surface area contributed by atoms with Crippen molar-refractivity contribution in [1.82, 2.24) is 0 Å². The number of carbonyl (C=O) groups excluding carboxylic acids is 1. The van der Waals surface area contributed by atoms with Gasteiger partial charge in [0.05, 0.1) is 18.9 Å². The highest BCUT2D eigenvalue weighted by Gasteiger charge is 2.43. The molecule has 0 bridgehead atoms. The van der Waals surface area contributed by atoms with Crippen LogP contribution in [-0.4, -0.2) is 42.6 Å². The lowest BCUT2D eigenvalue weighted by Gasteiger charge is -2.24. The molecule has 9 heteroatoms. The fourth-order valence-electron chi connectivity index (χ4n) is 3.71. The van der Waals surface area contributed by atoms with E-state index < -0.39 is 23.5 Å². The van der Waals surface area contributed by atoms with E-state index in [1.807, 2.05) is 6.92 Å². The fourth-order valence-corrected chi connectivity index (χ4v) is 3.71. The Balaban J connectivity index is 1.69. The second-order valence-corrected chi connectivity index (χ2v) is 7.58. The van der Waals surface area contributed by atoms with Crippen LogP contribution in [0.4, 0.5) is 14.9 Å². The monoisotopic (exact) mass is 461 g/mol. The molecule has 1 fully saturated rings. The van der Waals surface area contributed by atoms with Crippen molar-refractivity contribution in [2.75, 3.05) is 25.1 Å². The van der Waals surface area contributed by atoms with Crippen molar-refractivity contribution in [3.8, 4) is 11.5 Å². The largest absolute Gasteiger partial charge is 0.494 e. The van der Waals surface area contributed by atoms with Gasteiger partial charge in [-0.1, -0.05) is 6.07 Å². The summed E-state index contributed by atoms with van der Waals surface area (Å²) in [6.45, 7) is 4.67. The van der Waals surface area contributed by atoms with Crippen LogP contribution < -0.4 is 14.8 Å². The molecule has 2 N–H and O–H groups in total. The minimum absolute atomic E-state index is 0.0379. The van der Waals surface area contributed by atoms with E-state index in [9.17, 15) is 19.1 Å². The summed E-state index contributed by atoms with van der Waals surface area (Å²) in [6.07, 6.45) is 0.455. The van der Waals surface area contributed by atoms with Gasteiger partial charge in [0.25, 0.3) is 0 Å². The molecule has 1 aliphatic heterocycles. The van der Waals surface area contributed by atoms with Gasteiger partial charge in [-0.25, -0.2) is 14.0 Å². The Morgan fingerprint density at radius 3 is 2.58 bits per heavy atom. The Labute approximate surface area is 191 Å². The highest BCUT2D eigenvalue weighted by molar-refractivity contribution is 5.84. The molecule has 33 heavy (non-hydrogen) atoms. The quantitative estimate of drug-likeness (QED) is 0.535. The van der Waals surface area contributed by atoms with Crippen LogP contribution in [0.5, 0.6) is 11.5 Å². The maximum Gasteiger partial charge on any atom is 0.412 e. The van der Waals surface area contributed by atoms with Crippen LogP contribution in [0.3, 0.4) is 0 Å². The van der Waals surface area contributed by atoms with Gasteiger partial charge in [-0.15, -0.1) is 0 Å². The lowest BCUT2D eigenvalue weighted by atomic mass is 9.91. The van der Waals surface area contributed by atoms with Gasteiger partial charge in [-0.2, -0.15) is 0 Å². The normalized spacial score (nSPS) is 17.4. The number of aliphatic carboxylic acids is 1. The van der Waals surface area contributed by atoms with Gasteiger partial charge in [0.2, 0.25) is 0 Å². The summed E-state index contributed by atoms with van der Waals surface area (Å²) in [5.41, 5.74) is -0.00749. The Kier molecular flexibility index (Phi) is 8.11. The topological polar surface area (TPSA) is 103 Å². The molecule has 1 unspecified atom stereocenters. The summed E-state index contributed by atoms with van der Waals surface area (Å²) in [4.78, 5) is 24.0. The number of hydrogen-bond acceptors (Lipinski definition) is 6. The molecule has 1 saturated heterocycles. The zero-order valence-electron chi connectivity index (χ0n) is 18.7. The molecule has 0 aromatic heterocycles. The van der Waals surface area contributed by atoms with E-state index in [0.29, 0.717) is 49.7 Å². The van der Waals surface area contributed by atoms with Crippen LogP contribution in [0.15, 0.2) is 36.4 Å². The van der Waals surface area contributed by atoms with Gasteiger partial charge in [-0.05, 0) is 56.5 Å². The lowest BCUT2D eigenvalue weighted by Crippen LogP contribution is -2.40. The average molecular weight is 461 g/mol. The first kappa shape index (κ1) is 24.3. The van der Waals surface area contributed by atoms with E-state index in [1.54, 1.807) is 31.2 Å². The predicted octanol–water partition coefficient (Wildman–Crippen LogP) is 4.55. The Bertz CT molecular complexity index is 989. The Hall–Kier alpha value is -3.33. The van der Waals surface area contributed by atoms with Crippen LogP contribution in [0.1, 0.15) is 37.8 Å². The molecule has 1 aliphatic rings. The summed E-state index contributed by atoms with van der Waals surface area (Å²) in [6, 6.07) is 9.34. The maximum atomic E-state index is 14.2. The van der Waals surface area contributed by atoms with E-state index >= 15 is 0 Å². The van der Waals surface area contributed by atoms with Crippen molar-refractivity contribution >= 4 is 17.7 Å². The first-order valence-electron chi connectivity index (χ1n) is 10.8. The number of nitrogens with one attached hydrogen (secondary N) is 1. The van der Waals surface area contributed by atoms with Crippen LogP contribution in [-0.2, 0) is 27.3 Å². The number of halogens is 1. The first-order valence-corrected chi connectivity index (χ1v) is 10.8. The summed E-state index contributed by atoms with van der Waals surface area (Å²) in [7, 11) is 0. The molecule has 178 valence electrons. The SMILES string of the molecule is CCOc1ccc(NC(=O)OCc2cc(CC3(C(=O)O)CCCO3)ccc2OCC)c(F)c1.